The molecule has 0 N–H and O–H groups in total. The van der Waals surface area contributed by atoms with Crippen molar-refractivity contribution in [2.24, 2.45) is 5.92 Å². The maximum atomic E-state index is 11.6. The van der Waals surface area contributed by atoms with Gasteiger partial charge in [0.1, 0.15) is 6.10 Å². The maximum absolute atomic E-state index is 11.6. The monoisotopic (exact) mass is 209 g/mol. The molecule has 2 bridgehead atoms. The van der Waals surface area contributed by atoms with Crippen molar-refractivity contribution in [3.8, 4) is 0 Å². The van der Waals surface area contributed by atoms with Crippen LogP contribution in [0.4, 0.5) is 0 Å². The largest absolute Gasteiger partial charge is 0.462 e. The standard InChI is InChI=1S/C11H15NO3/c13-10-2-1-5-12(10)9-4-3-7-6-8(9)11(14)15-7/h7-9H,1-6H2/t7-,8-,9+/m1/s1. The summed E-state index contributed by atoms with van der Waals surface area (Å²) < 4.78 is 5.23. The van der Waals surface area contributed by atoms with Crippen LogP contribution in [-0.2, 0) is 14.3 Å². The first-order valence-electron chi connectivity index (χ1n) is 5.75. The van der Waals surface area contributed by atoms with Gasteiger partial charge < -0.3 is 9.64 Å². The van der Waals surface area contributed by atoms with Gasteiger partial charge in [0.15, 0.2) is 0 Å². The Morgan fingerprint density at radius 2 is 2.13 bits per heavy atom. The van der Waals surface area contributed by atoms with Crippen LogP contribution in [-0.4, -0.2) is 35.5 Å². The minimum atomic E-state index is -0.0813. The number of amides is 1. The zero-order chi connectivity index (χ0) is 10.4. The summed E-state index contributed by atoms with van der Waals surface area (Å²) in [5, 5.41) is 0. The molecule has 3 rings (SSSR count). The average Bonchev–Trinajstić information content (AvgIpc) is 2.75. The number of likely N-dealkylation sites (tertiary alicyclic amines) is 1. The lowest BCUT2D eigenvalue weighted by Crippen LogP contribution is -2.44. The van der Waals surface area contributed by atoms with Crippen LogP contribution in [0, 0.1) is 5.92 Å². The zero-order valence-electron chi connectivity index (χ0n) is 8.65. The molecule has 0 unspecified atom stereocenters. The van der Waals surface area contributed by atoms with Gasteiger partial charge in [-0.2, -0.15) is 0 Å². The van der Waals surface area contributed by atoms with Crippen LogP contribution in [0.15, 0.2) is 0 Å². The SMILES string of the molecule is O=C1O[C@@H]2CC[C@H](N3CCCC3=O)[C@H]1C2. The molecule has 0 radical (unpaired) electrons. The second kappa shape index (κ2) is 3.22. The molecule has 4 heteroatoms. The van der Waals surface area contributed by atoms with Crippen molar-refractivity contribution in [2.45, 2.75) is 44.2 Å². The van der Waals surface area contributed by atoms with Crippen LogP contribution >= 0.6 is 0 Å². The van der Waals surface area contributed by atoms with Gasteiger partial charge in [0.05, 0.1) is 5.92 Å². The third kappa shape index (κ3) is 1.34. The van der Waals surface area contributed by atoms with Crippen LogP contribution in [0.25, 0.3) is 0 Å². The van der Waals surface area contributed by atoms with Gasteiger partial charge in [-0.05, 0) is 25.7 Å². The van der Waals surface area contributed by atoms with E-state index in [1.54, 1.807) is 0 Å². The number of hydrogen-bond acceptors (Lipinski definition) is 3. The van der Waals surface area contributed by atoms with Crippen molar-refractivity contribution in [3.63, 3.8) is 0 Å². The van der Waals surface area contributed by atoms with E-state index in [-0.39, 0.29) is 29.9 Å². The highest BCUT2D eigenvalue weighted by Gasteiger charge is 2.47. The van der Waals surface area contributed by atoms with Gasteiger partial charge >= 0.3 is 5.97 Å². The average molecular weight is 209 g/mol. The molecule has 2 aliphatic heterocycles. The number of nitrogens with zero attached hydrogens (tertiary/aromatic N) is 1. The Bertz CT molecular complexity index is 313. The number of rotatable bonds is 1. The second-order valence-corrected chi connectivity index (χ2v) is 4.74. The molecule has 1 amide bonds. The van der Waals surface area contributed by atoms with E-state index in [2.05, 4.69) is 0 Å². The third-order valence-corrected chi connectivity index (χ3v) is 3.86. The summed E-state index contributed by atoms with van der Waals surface area (Å²) in [6.45, 7) is 0.831. The van der Waals surface area contributed by atoms with Gasteiger partial charge in [-0.1, -0.05) is 0 Å². The predicted molar refractivity (Wildman–Crippen MR) is 52.0 cm³/mol. The van der Waals surface area contributed by atoms with Crippen LogP contribution in [0.3, 0.4) is 0 Å². The normalized spacial score (nSPS) is 39.7. The number of ether oxygens (including phenoxy) is 1. The molecule has 82 valence electrons. The Morgan fingerprint density at radius 1 is 1.27 bits per heavy atom. The summed E-state index contributed by atoms with van der Waals surface area (Å²) in [6.07, 6.45) is 4.43. The van der Waals surface area contributed by atoms with Crippen molar-refractivity contribution in [1.82, 2.24) is 4.90 Å². The maximum Gasteiger partial charge on any atom is 0.311 e. The van der Waals surface area contributed by atoms with Crippen molar-refractivity contribution in [3.05, 3.63) is 0 Å². The lowest BCUT2D eigenvalue weighted by atomic mass is 9.84. The Labute approximate surface area is 88.6 Å². The van der Waals surface area contributed by atoms with E-state index in [1.165, 1.54) is 0 Å². The van der Waals surface area contributed by atoms with Gasteiger partial charge in [0.2, 0.25) is 5.91 Å². The highest BCUT2D eigenvalue weighted by atomic mass is 16.6. The molecule has 3 aliphatic rings. The lowest BCUT2D eigenvalue weighted by molar-refractivity contribution is -0.144. The fourth-order valence-electron chi connectivity index (χ4n) is 3.12. The van der Waals surface area contributed by atoms with E-state index in [0.29, 0.717) is 6.42 Å². The van der Waals surface area contributed by atoms with Crippen LogP contribution in [0.1, 0.15) is 32.1 Å². The fourth-order valence-corrected chi connectivity index (χ4v) is 3.12. The van der Waals surface area contributed by atoms with Crippen LogP contribution in [0.5, 0.6) is 0 Å². The molecule has 1 aliphatic carbocycles. The first-order chi connectivity index (χ1) is 7.25. The number of carbonyl (C=O) groups is 2. The summed E-state index contributed by atoms with van der Waals surface area (Å²) in [5.74, 6) is 0.103. The summed E-state index contributed by atoms with van der Waals surface area (Å²) in [4.78, 5) is 25.1. The first kappa shape index (κ1) is 9.19. The van der Waals surface area contributed by atoms with Gasteiger partial charge in [-0.3, -0.25) is 9.59 Å². The number of carbonyl (C=O) groups excluding carboxylic acids is 2. The molecule has 2 heterocycles. The minimum Gasteiger partial charge on any atom is -0.462 e. The third-order valence-electron chi connectivity index (χ3n) is 3.86. The Morgan fingerprint density at radius 3 is 2.87 bits per heavy atom. The smallest absolute Gasteiger partial charge is 0.311 e. The minimum absolute atomic E-state index is 0.0363. The van der Waals surface area contributed by atoms with E-state index in [1.807, 2.05) is 4.90 Å². The fraction of sp³-hybridized carbons (Fsp3) is 0.818. The Balaban J connectivity index is 1.81. The number of fused-ring (bicyclic) bond motifs is 2. The molecule has 15 heavy (non-hydrogen) atoms. The van der Waals surface area contributed by atoms with Crippen LogP contribution < -0.4 is 0 Å². The highest BCUT2D eigenvalue weighted by Crippen LogP contribution is 2.38. The van der Waals surface area contributed by atoms with E-state index >= 15 is 0 Å². The number of esters is 1. The van der Waals surface area contributed by atoms with E-state index in [4.69, 9.17) is 4.74 Å². The van der Waals surface area contributed by atoms with Crippen molar-refractivity contribution in [2.75, 3.05) is 6.54 Å². The van der Waals surface area contributed by atoms with Gasteiger partial charge in [-0.25, -0.2) is 0 Å². The quantitative estimate of drug-likeness (QED) is 0.597. The molecule has 2 saturated heterocycles. The van der Waals surface area contributed by atoms with E-state index in [9.17, 15) is 9.59 Å². The molecule has 1 saturated carbocycles. The van der Waals surface area contributed by atoms with Crippen molar-refractivity contribution in [1.29, 1.82) is 0 Å². The van der Waals surface area contributed by atoms with E-state index in [0.717, 1.165) is 32.2 Å². The summed E-state index contributed by atoms with van der Waals surface area (Å²) in [5.41, 5.74) is 0. The molecule has 0 spiro atoms. The first-order valence-corrected chi connectivity index (χ1v) is 5.75. The van der Waals surface area contributed by atoms with E-state index < -0.39 is 0 Å². The highest BCUT2D eigenvalue weighted by molar-refractivity contribution is 5.81. The van der Waals surface area contributed by atoms with Crippen molar-refractivity contribution < 1.29 is 14.3 Å². The molecule has 0 aromatic heterocycles. The molecule has 0 aromatic carbocycles. The van der Waals surface area contributed by atoms with Crippen LogP contribution in [0.2, 0.25) is 0 Å². The Kier molecular flexibility index (Phi) is 1.97. The van der Waals surface area contributed by atoms with Gasteiger partial charge in [-0.15, -0.1) is 0 Å². The van der Waals surface area contributed by atoms with Gasteiger partial charge in [0, 0.05) is 19.0 Å². The van der Waals surface area contributed by atoms with Gasteiger partial charge in [0.25, 0.3) is 0 Å². The molecule has 0 aromatic rings. The predicted octanol–water partition coefficient (Wildman–Crippen LogP) is 0.703. The molecular weight excluding hydrogens is 194 g/mol. The topological polar surface area (TPSA) is 46.6 Å². The lowest BCUT2D eigenvalue weighted by Gasteiger charge is -2.33. The zero-order valence-corrected chi connectivity index (χ0v) is 8.65. The number of hydrogen-bond donors (Lipinski definition) is 0. The molecular formula is C11H15NO3. The molecule has 4 nitrogen and oxygen atoms in total. The molecule has 3 atom stereocenters. The second-order valence-electron chi connectivity index (χ2n) is 4.74. The summed E-state index contributed by atoms with van der Waals surface area (Å²) in [6, 6.07) is 0.131. The molecule has 3 fully saturated rings. The summed E-state index contributed by atoms with van der Waals surface area (Å²) >= 11 is 0. The van der Waals surface area contributed by atoms with Crippen molar-refractivity contribution >= 4 is 11.9 Å². The summed E-state index contributed by atoms with van der Waals surface area (Å²) in [7, 11) is 0. The Hall–Kier alpha value is -1.06.